The summed E-state index contributed by atoms with van der Waals surface area (Å²) in [6.07, 6.45) is 0. The molecular weight excluding hydrogens is 313 g/mol. The fraction of sp³-hybridized carbons (Fsp3) is 0.105. The summed E-state index contributed by atoms with van der Waals surface area (Å²) < 4.78 is 13.9. The molecule has 0 radical (unpaired) electrons. The first-order chi connectivity index (χ1) is 11.1. The predicted octanol–water partition coefficient (Wildman–Crippen LogP) is 4.90. The Morgan fingerprint density at radius 1 is 1.04 bits per heavy atom. The van der Waals surface area contributed by atoms with E-state index < -0.39 is 5.82 Å². The Labute approximate surface area is 139 Å². The molecule has 0 heterocycles. The zero-order valence-electron chi connectivity index (χ0n) is 12.6. The van der Waals surface area contributed by atoms with Crippen molar-refractivity contribution in [2.75, 3.05) is 7.05 Å². The number of hydrogen-bond donors (Lipinski definition) is 0. The van der Waals surface area contributed by atoms with Crippen molar-refractivity contribution in [3.8, 4) is 0 Å². The van der Waals surface area contributed by atoms with E-state index in [0.29, 0.717) is 16.1 Å². The van der Waals surface area contributed by atoms with Crippen LogP contribution in [0.15, 0.2) is 60.7 Å². The highest BCUT2D eigenvalue weighted by Gasteiger charge is 2.16. The predicted molar refractivity (Wildman–Crippen MR) is 91.2 cm³/mol. The van der Waals surface area contributed by atoms with E-state index in [1.807, 2.05) is 36.4 Å². The SMILES string of the molecule is CN(Cc1c(F)cccc1Cl)C(=O)c1ccc2ccccc2c1. The molecule has 0 spiro atoms. The molecule has 0 unspecified atom stereocenters. The maximum absolute atomic E-state index is 13.9. The molecule has 116 valence electrons. The quantitative estimate of drug-likeness (QED) is 0.669. The third kappa shape index (κ3) is 3.20. The summed E-state index contributed by atoms with van der Waals surface area (Å²) in [5.74, 6) is -0.578. The van der Waals surface area contributed by atoms with Crippen molar-refractivity contribution in [1.29, 1.82) is 0 Å². The second-order valence-electron chi connectivity index (χ2n) is 5.42. The number of halogens is 2. The molecule has 0 aliphatic heterocycles. The number of nitrogens with zero attached hydrogens (tertiary/aromatic N) is 1. The zero-order chi connectivity index (χ0) is 16.4. The molecule has 0 aliphatic rings. The van der Waals surface area contributed by atoms with E-state index in [-0.39, 0.29) is 12.5 Å². The van der Waals surface area contributed by atoms with E-state index in [4.69, 9.17) is 11.6 Å². The zero-order valence-corrected chi connectivity index (χ0v) is 13.3. The van der Waals surface area contributed by atoms with Gasteiger partial charge in [-0.25, -0.2) is 4.39 Å². The molecule has 0 bridgehead atoms. The molecule has 0 N–H and O–H groups in total. The molecule has 0 saturated carbocycles. The fourth-order valence-electron chi connectivity index (χ4n) is 2.54. The van der Waals surface area contributed by atoms with Gasteiger partial charge in [-0.1, -0.05) is 48.0 Å². The summed E-state index contributed by atoms with van der Waals surface area (Å²) in [6, 6.07) is 17.9. The maximum Gasteiger partial charge on any atom is 0.253 e. The average Bonchev–Trinajstić information content (AvgIpc) is 2.57. The minimum Gasteiger partial charge on any atom is -0.337 e. The topological polar surface area (TPSA) is 20.3 Å². The monoisotopic (exact) mass is 327 g/mol. The fourth-order valence-corrected chi connectivity index (χ4v) is 2.76. The van der Waals surface area contributed by atoms with Gasteiger partial charge in [0, 0.05) is 29.7 Å². The first kappa shape index (κ1) is 15.5. The van der Waals surface area contributed by atoms with E-state index in [0.717, 1.165) is 10.8 Å². The van der Waals surface area contributed by atoms with E-state index in [1.165, 1.54) is 11.0 Å². The molecule has 2 nitrogen and oxygen atoms in total. The Kier molecular flexibility index (Phi) is 4.30. The largest absolute Gasteiger partial charge is 0.337 e. The van der Waals surface area contributed by atoms with Gasteiger partial charge in [0.05, 0.1) is 0 Å². The van der Waals surface area contributed by atoms with Crippen molar-refractivity contribution in [2.24, 2.45) is 0 Å². The van der Waals surface area contributed by atoms with Crippen molar-refractivity contribution >= 4 is 28.3 Å². The summed E-state index contributed by atoms with van der Waals surface area (Å²) in [5.41, 5.74) is 0.893. The van der Waals surface area contributed by atoms with Crippen LogP contribution in [0.25, 0.3) is 10.8 Å². The van der Waals surface area contributed by atoms with Gasteiger partial charge >= 0.3 is 0 Å². The Balaban J connectivity index is 1.86. The third-order valence-electron chi connectivity index (χ3n) is 3.80. The van der Waals surface area contributed by atoms with Crippen LogP contribution in [0.2, 0.25) is 5.02 Å². The smallest absolute Gasteiger partial charge is 0.253 e. The third-order valence-corrected chi connectivity index (χ3v) is 4.15. The molecule has 3 aromatic carbocycles. The summed E-state index contributed by atoms with van der Waals surface area (Å²) in [6.45, 7) is 0.122. The maximum atomic E-state index is 13.9. The van der Waals surface area contributed by atoms with Crippen LogP contribution in [-0.2, 0) is 6.54 Å². The molecule has 0 fully saturated rings. The Hall–Kier alpha value is -2.39. The molecule has 3 rings (SSSR count). The van der Waals surface area contributed by atoms with Gasteiger partial charge in [0.2, 0.25) is 0 Å². The molecule has 0 aromatic heterocycles. The van der Waals surface area contributed by atoms with Gasteiger partial charge in [-0.3, -0.25) is 4.79 Å². The Morgan fingerprint density at radius 3 is 2.52 bits per heavy atom. The first-order valence-corrected chi connectivity index (χ1v) is 7.61. The Morgan fingerprint density at radius 2 is 1.78 bits per heavy atom. The number of carbonyl (C=O) groups is 1. The molecule has 23 heavy (non-hydrogen) atoms. The van der Waals surface area contributed by atoms with Crippen LogP contribution < -0.4 is 0 Å². The number of hydrogen-bond acceptors (Lipinski definition) is 1. The summed E-state index contributed by atoms with van der Waals surface area (Å²) in [5, 5.41) is 2.39. The molecule has 0 aliphatic carbocycles. The minimum absolute atomic E-state index is 0.122. The van der Waals surface area contributed by atoms with E-state index in [1.54, 1.807) is 25.2 Å². The van der Waals surface area contributed by atoms with Crippen LogP contribution in [0.1, 0.15) is 15.9 Å². The Bertz CT molecular complexity index is 858. The van der Waals surface area contributed by atoms with Crippen LogP contribution >= 0.6 is 11.6 Å². The standard InChI is InChI=1S/C19H15ClFNO/c1-22(12-16-17(20)7-4-8-18(16)21)19(23)15-10-9-13-5-2-3-6-14(13)11-15/h2-11H,12H2,1H3. The van der Waals surface area contributed by atoms with Gasteiger partial charge in [0.25, 0.3) is 5.91 Å². The molecule has 1 amide bonds. The number of rotatable bonds is 3. The minimum atomic E-state index is -0.407. The number of amides is 1. The lowest BCUT2D eigenvalue weighted by atomic mass is 10.1. The molecule has 4 heteroatoms. The van der Waals surface area contributed by atoms with Gasteiger partial charge in [-0.05, 0) is 35.0 Å². The van der Waals surface area contributed by atoms with E-state index >= 15 is 0 Å². The highest BCUT2D eigenvalue weighted by atomic mass is 35.5. The molecule has 3 aromatic rings. The summed E-state index contributed by atoms with van der Waals surface area (Å²) >= 11 is 6.02. The van der Waals surface area contributed by atoms with Crippen molar-refractivity contribution < 1.29 is 9.18 Å². The summed E-state index contributed by atoms with van der Waals surface area (Å²) in [4.78, 5) is 14.0. The molecule has 0 atom stereocenters. The summed E-state index contributed by atoms with van der Waals surface area (Å²) in [7, 11) is 1.64. The van der Waals surface area contributed by atoms with Gasteiger partial charge in [0.15, 0.2) is 0 Å². The lowest BCUT2D eigenvalue weighted by molar-refractivity contribution is 0.0784. The highest BCUT2D eigenvalue weighted by Crippen LogP contribution is 2.22. The lowest BCUT2D eigenvalue weighted by Crippen LogP contribution is -2.26. The normalized spacial score (nSPS) is 10.7. The number of benzene rings is 3. The second kappa shape index (κ2) is 6.39. The first-order valence-electron chi connectivity index (χ1n) is 7.23. The van der Waals surface area contributed by atoms with Crippen LogP contribution in [0, 0.1) is 5.82 Å². The van der Waals surface area contributed by atoms with Crippen molar-refractivity contribution in [1.82, 2.24) is 4.90 Å². The van der Waals surface area contributed by atoms with E-state index in [2.05, 4.69) is 0 Å². The van der Waals surface area contributed by atoms with Gasteiger partial charge in [0.1, 0.15) is 5.82 Å². The number of fused-ring (bicyclic) bond motifs is 1. The van der Waals surface area contributed by atoms with Gasteiger partial charge in [-0.2, -0.15) is 0 Å². The van der Waals surface area contributed by atoms with Gasteiger partial charge in [-0.15, -0.1) is 0 Å². The van der Waals surface area contributed by atoms with Crippen molar-refractivity contribution in [2.45, 2.75) is 6.54 Å². The highest BCUT2D eigenvalue weighted by molar-refractivity contribution is 6.31. The molecular formula is C19H15ClFNO. The lowest BCUT2D eigenvalue weighted by Gasteiger charge is -2.18. The average molecular weight is 328 g/mol. The van der Waals surface area contributed by atoms with Crippen LogP contribution in [-0.4, -0.2) is 17.9 Å². The molecule has 0 saturated heterocycles. The van der Waals surface area contributed by atoms with Crippen molar-refractivity contribution in [3.05, 3.63) is 82.6 Å². The van der Waals surface area contributed by atoms with Crippen LogP contribution in [0.5, 0.6) is 0 Å². The van der Waals surface area contributed by atoms with Crippen LogP contribution in [0.3, 0.4) is 0 Å². The van der Waals surface area contributed by atoms with Crippen molar-refractivity contribution in [3.63, 3.8) is 0 Å². The van der Waals surface area contributed by atoms with Crippen LogP contribution in [0.4, 0.5) is 4.39 Å². The second-order valence-corrected chi connectivity index (χ2v) is 5.83. The van der Waals surface area contributed by atoms with E-state index in [9.17, 15) is 9.18 Å². The number of carbonyl (C=O) groups excluding carboxylic acids is 1. The van der Waals surface area contributed by atoms with Gasteiger partial charge < -0.3 is 4.90 Å².